The molecule has 0 aliphatic carbocycles. The topological polar surface area (TPSA) is 36.7 Å². The quantitative estimate of drug-likeness (QED) is 0.740. The third kappa shape index (κ3) is 1.94. The van der Waals surface area contributed by atoms with E-state index in [1.165, 1.54) is 0 Å². The molecule has 0 aliphatic rings. The Morgan fingerprint density at radius 3 is 2.64 bits per heavy atom. The molecule has 74 valence electrons. The van der Waals surface area contributed by atoms with Gasteiger partial charge in [-0.15, -0.1) is 11.6 Å². The molecule has 0 N–H and O–H groups in total. The van der Waals surface area contributed by atoms with Crippen LogP contribution in [0, 0.1) is 11.3 Å². The Hall–Kier alpha value is -0.920. The van der Waals surface area contributed by atoms with Crippen LogP contribution in [-0.4, -0.2) is 4.98 Å². The summed E-state index contributed by atoms with van der Waals surface area (Å²) in [6, 6.07) is 1.69. The highest BCUT2D eigenvalue weighted by atomic mass is 35.5. The maximum Gasteiger partial charge on any atom is 0.265 e. The van der Waals surface area contributed by atoms with Crippen LogP contribution in [0.2, 0.25) is 5.02 Å². The largest absolute Gasteiger partial charge is 0.265 e. The van der Waals surface area contributed by atoms with E-state index in [4.69, 9.17) is 28.5 Å². The number of alkyl halides is 3. The summed E-state index contributed by atoms with van der Waals surface area (Å²) in [5.41, 5.74) is -0.356. The minimum absolute atomic E-state index is 0.0647. The van der Waals surface area contributed by atoms with Crippen molar-refractivity contribution in [2.75, 3.05) is 0 Å². The first kappa shape index (κ1) is 11.2. The SMILES string of the molecule is N#Cc1ncc(C(F)F)c(CCl)c1Cl. The molecule has 0 saturated carbocycles. The van der Waals surface area contributed by atoms with Crippen LogP contribution in [0.15, 0.2) is 6.20 Å². The Balaban J connectivity index is 3.38. The number of rotatable bonds is 2. The lowest BCUT2D eigenvalue weighted by Crippen LogP contribution is -1.98. The van der Waals surface area contributed by atoms with Crippen molar-refractivity contribution in [1.82, 2.24) is 4.98 Å². The first-order valence-corrected chi connectivity index (χ1v) is 4.44. The predicted octanol–water partition coefficient (Wildman–Crippen LogP) is 3.28. The molecule has 0 aliphatic heterocycles. The minimum Gasteiger partial charge on any atom is -0.243 e. The lowest BCUT2D eigenvalue weighted by Gasteiger charge is -2.07. The number of nitriles is 1. The van der Waals surface area contributed by atoms with E-state index < -0.39 is 6.43 Å². The second kappa shape index (κ2) is 4.54. The van der Waals surface area contributed by atoms with Gasteiger partial charge in [0.05, 0.1) is 5.02 Å². The van der Waals surface area contributed by atoms with Crippen LogP contribution < -0.4 is 0 Å². The Labute approximate surface area is 89.1 Å². The van der Waals surface area contributed by atoms with Crippen molar-refractivity contribution >= 4 is 23.2 Å². The third-order valence-corrected chi connectivity index (χ3v) is 2.30. The van der Waals surface area contributed by atoms with Crippen molar-refractivity contribution in [3.8, 4) is 6.07 Å². The number of nitrogens with zero attached hydrogens (tertiary/aromatic N) is 2. The molecule has 0 saturated heterocycles. The fourth-order valence-corrected chi connectivity index (χ4v) is 1.56. The first-order valence-electron chi connectivity index (χ1n) is 3.53. The number of pyridine rings is 1. The number of hydrogen-bond acceptors (Lipinski definition) is 2. The molecule has 6 heteroatoms. The second-order valence-corrected chi connectivity index (χ2v) is 3.05. The van der Waals surface area contributed by atoms with Crippen LogP contribution in [0.25, 0.3) is 0 Å². The molecule has 0 spiro atoms. The molecule has 1 rings (SSSR count). The zero-order valence-electron chi connectivity index (χ0n) is 6.77. The molecule has 0 unspecified atom stereocenters. The highest BCUT2D eigenvalue weighted by Crippen LogP contribution is 2.30. The Bertz CT molecular complexity index is 388. The van der Waals surface area contributed by atoms with Gasteiger partial charge in [0.1, 0.15) is 6.07 Å². The van der Waals surface area contributed by atoms with E-state index in [-0.39, 0.29) is 27.7 Å². The fourth-order valence-electron chi connectivity index (χ4n) is 0.940. The second-order valence-electron chi connectivity index (χ2n) is 2.40. The molecule has 0 radical (unpaired) electrons. The van der Waals surface area contributed by atoms with Crippen molar-refractivity contribution in [3.63, 3.8) is 0 Å². The summed E-state index contributed by atoms with van der Waals surface area (Å²) in [7, 11) is 0. The van der Waals surface area contributed by atoms with Crippen molar-refractivity contribution in [2.24, 2.45) is 0 Å². The molecule has 2 nitrogen and oxygen atoms in total. The van der Waals surface area contributed by atoms with Gasteiger partial charge in [0.15, 0.2) is 5.69 Å². The molecule has 0 atom stereocenters. The highest BCUT2D eigenvalue weighted by molar-refractivity contribution is 6.33. The van der Waals surface area contributed by atoms with Crippen LogP contribution in [0.1, 0.15) is 23.2 Å². The lowest BCUT2D eigenvalue weighted by molar-refractivity contribution is 0.150. The molecule has 0 bridgehead atoms. The average Bonchev–Trinajstić information content (AvgIpc) is 2.17. The van der Waals surface area contributed by atoms with Gasteiger partial charge < -0.3 is 0 Å². The monoisotopic (exact) mass is 236 g/mol. The third-order valence-electron chi connectivity index (χ3n) is 1.63. The van der Waals surface area contributed by atoms with E-state index in [0.29, 0.717) is 0 Å². The molecule has 0 amide bonds. The van der Waals surface area contributed by atoms with Gasteiger partial charge >= 0.3 is 0 Å². The Morgan fingerprint density at radius 1 is 1.57 bits per heavy atom. The van der Waals surface area contributed by atoms with E-state index in [9.17, 15) is 8.78 Å². The standard InChI is InChI=1S/C8H4Cl2F2N2/c9-1-4-5(8(11)12)3-14-6(2-13)7(4)10/h3,8H,1H2. The molecule has 1 aromatic rings. The maximum absolute atomic E-state index is 12.4. The predicted molar refractivity (Wildman–Crippen MR) is 48.5 cm³/mol. The molecule has 14 heavy (non-hydrogen) atoms. The Kier molecular flexibility index (Phi) is 3.62. The molecular formula is C8H4Cl2F2N2. The van der Waals surface area contributed by atoms with Crippen LogP contribution in [-0.2, 0) is 5.88 Å². The van der Waals surface area contributed by atoms with E-state index in [2.05, 4.69) is 4.98 Å². The van der Waals surface area contributed by atoms with Crippen molar-refractivity contribution in [1.29, 1.82) is 5.26 Å². The summed E-state index contributed by atoms with van der Waals surface area (Å²) in [4.78, 5) is 3.49. The van der Waals surface area contributed by atoms with E-state index in [0.717, 1.165) is 6.20 Å². The molecule has 1 aromatic heterocycles. The number of halogens is 4. The normalized spacial score (nSPS) is 10.3. The van der Waals surface area contributed by atoms with Crippen LogP contribution >= 0.6 is 23.2 Å². The molecule has 1 heterocycles. The zero-order valence-corrected chi connectivity index (χ0v) is 8.28. The first-order chi connectivity index (χ1) is 6.61. The van der Waals surface area contributed by atoms with Gasteiger partial charge in [0.25, 0.3) is 6.43 Å². The summed E-state index contributed by atoms with van der Waals surface area (Å²) in [5.74, 6) is -0.171. The summed E-state index contributed by atoms with van der Waals surface area (Å²) < 4.78 is 24.8. The van der Waals surface area contributed by atoms with Gasteiger partial charge in [-0.05, 0) is 5.56 Å². The van der Waals surface area contributed by atoms with Crippen molar-refractivity contribution in [2.45, 2.75) is 12.3 Å². The van der Waals surface area contributed by atoms with Crippen LogP contribution in [0.3, 0.4) is 0 Å². The van der Waals surface area contributed by atoms with Crippen molar-refractivity contribution in [3.05, 3.63) is 28.0 Å². The highest BCUT2D eigenvalue weighted by Gasteiger charge is 2.18. The van der Waals surface area contributed by atoms with E-state index >= 15 is 0 Å². The number of aromatic nitrogens is 1. The van der Waals surface area contributed by atoms with Gasteiger partial charge in [0, 0.05) is 17.6 Å². The van der Waals surface area contributed by atoms with Gasteiger partial charge in [-0.25, -0.2) is 13.8 Å². The van der Waals surface area contributed by atoms with Crippen molar-refractivity contribution < 1.29 is 8.78 Å². The maximum atomic E-state index is 12.4. The lowest BCUT2D eigenvalue weighted by atomic mass is 10.1. The number of hydrogen-bond donors (Lipinski definition) is 0. The zero-order chi connectivity index (χ0) is 10.7. The molecule has 0 aromatic carbocycles. The van der Waals surface area contributed by atoms with Gasteiger partial charge in [0.2, 0.25) is 0 Å². The fraction of sp³-hybridized carbons (Fsp3) is 0.250. The smallest absolute Gasteiger partial charge is 0.243 e. The summed E-state index contributed by atoms with van der Waals surface area (Å²) in [6.07, 6.45) is -1.77. The van der Waals surface area contributed by atoms with Crippen LogP contribution in [0.4, 0.5) is 8.78 Å². The molecule has 0 fully saturated rings. The van der Waals surface area contributed by atoms with Gasteiger partial charge in [-0.3, -0.25) is 0 Å². The van der Waals surface area contributed by atoms with Crippen LogP contribution in [0.5, 0.6) is 0 Å². The average molecular weight is 237 g/mol. The summed E-state index contributed by atoms with van der Waals surface area (Å²) >= 11 is 11.1. The van der Waals surface area contributed by atoms with Gasteiger partial charge in [-0.1, -0.05) is 11.6 Å². The van der Waals surface area contributed by atoms with E-state index in [1.807, 2.05) is 0 Å². The summed E-state index contributed by atoms with van der Waals surface area (Å²) in [6.45, 7) is 0. The van der Waals surface area contributed by atoms with E-state index in [1.54, 1.807) is 6.07 Å². The minimum atomic E-state index is -2.69. The van der Waals surface area contributed by atoms with Gasteiger partial charge in [-0.2, -0.15) is 5.26 Å². The Morgan fingerprint density at radius 2 is 2.21 bits per heavy atom. The molecular weight excluding hydrogens is 233 g/mol. The summed E-state index contributed by atoms with van der Waals surface area (Å²) in [5, 5.41) is 8.44.